The summed E-state index contributed by atoms with van der Waals surface area (Å²) in [6.45, 7) is 0. The standard InChI is InChI=1S/C47H35BN4/c1-6-20-36(21-7-1)48-42-30-16-18-32-44(42)50(39-26-12-4-13-27-39)46-34-41(49(37-22-8-2-9-23-37)38-24-10-3-11-25-38)35-47(52(46)48)51(40-28-14-5-15-29-40)45-33-19-17-31-43(45)48/h1-35H. The van der Waals surface area contributed by atoms with E-state index >= 15 is 0 Å². The van der Waals surface area contributed by atoms with E-state index < -0.39 is 6.28 Å². The van der Waals surface area contributed by atoms with Crippen LogP contribution in [0.1, 0.15) is 0 Å². The zero-order chi connectivity index (χ0) is 34.5. The first-order chi connectivity index (χ1) is 25.8. The van der Waals surface area contributed by atoms with Crippen LogP contribution in [0.15, 0.2) is 212 Å². The van der Waals surface area contributed by atoms with Crippen LogP contribution in [0.3, 0.4) is 0 Å². The minimum absolute atomic E-state index is 1.07. The fraction of sp³-hybridized carbons (Fsp3) is 0. The SMILES string of the molecule is c1ccc(N(c2ccccc2)c2cc3[n+]4c(c2)N(c2ccccc2)c2ccccc2[B-]4(c2ccccc2)c2ccccc2N3c2ccccc2)cc1. The summed E-state index contributed by atoms with van der Waals surface area (Å²) < 4.78 is 2.65. The Hall–Kier alpha value is -6.85. The molecule has 0 amide bonds. The van der Waals surface area contributed by atoms with Crippen molar-refractivity contribution in [3.63, 3.8) is 0 Å². The molecule has 4 nitrogen and oxygen atoms in total. The molecule has 10 rings (SSSR count). The maximum Gasteiger partial charge on any atom is 0.250 e. The zero-order valence-corrected chi connectivity index (χ0v) is 28.6. The summed E-state index contributed by atoms with van der Waals surface area (Å²) in [5, 5.41) is 0. The van der Waals surface area contributed by atoms with Crippen molar-refractivity contribution in [3.05, 3.63) is 212 Å². The van der Waals surface area contributed by atoms with E-state index in [9.17, 15) is 0 Å². The van der Waals surface area contributed by atoms with Crippen molar-refractivity contribution in [1.82, 2.24) is 0 Å². The van der Waals surface area contributed by atoms with Crippen LogP contribution >= 0.6 is 0 Å². The molecule has 1 aromatic heterocycles. The lowest BCUT2D eigenvalue weighted by Crippen LogP contribution is -2.89. The summed E-state index contributed by atoms with van der Waals surface area (Å²) in [6.07, 6.45) is -1.73. The third-order valence-corrected chi connectivity index (χ3v) is 10.7. The maximum absolute atomic E-state index is 2.65. The normalized spacial score (nSPS) is 13.5. The Labute approximate surface area is 304 Å². The van der Waals surface area contributed by atoms with Crippen molar-refractivity contribution in [2.75, 3.05) is 14.7 Å². The van der Waals surface area contributed by atoms with Gasteiger partial charge in [-0.2, -0.15) is 5.46 Å². The van der Waals surface area contributed by atoms with Crippen molar-refractivity contribution in [2.24, 2.45) is 0 Å². The van der Waals surface area contributed by atoms with Gasteiger partial charge in [0.1, 0.15) is 11.4 Å². The van der Waals surface area contributed by atoms with Gasteiger partial charge in [-0.3, -0.25) is 0 Å². The molecule has 0 N–H and O–H groups in total. The molecule has 0 radical (unpaired) electrons. The second-order valence-corrected chi connectivity index (χ2v) is 13.5. The highest BCUT2D eigenvalue weighted by atomic mass is 15.3. The topological polar surface area (TPSA) is 13.6 Å². The number of hydrogen-bond donors (Lipinski definition) is 0. The van der Waals surface area contributed by atoms with E-state index in [0.29, 0.717) is 0 Å². The molecule has 246 valence electrons. The van der Waals surface area contributed by atoms with Crippen LogP contribution in [0.4, 0.5) is 51.4 Å². The van der Waals surface area contributed by atoms with Gasteiger partial charge in [0.05, 0.1) is 17.1 Å². The molecular weight excluding hydrogens is 631 g/mol. The molecule has 5 heteroatoms. The van der Waals surface area contributed by atoms with Gasteiger partial charge in [0.15, 0.2) is 11.6 Å². The zero-order valence-electron chi connectivity index (χ0n) is 28.6. The molecule has 0 saturated carbocycles. The largest absolute Gasteiger partial charge is 0.410 e. The molecule has 8 aromatic rings. The van der Waals surface area contributed by atoms with Crippen LogP contribution < -0.4 is 35.6 Å². The Morgan fingerprint density at radius 3 is 1.17 bits per heavy atom. The van der Waals surface area contributed by atoms with E-state index in [1.165, 1.54) is 27.8 Å². The number of pyridine rings is 1. The summed E-state index contributed by atoms with van der Waals surface area (Å²) in [7, 11) is 0. The molecule has 0 bridgehead atoms. The third-order valence-electron chi connectivity index (χ3n) is 10.7. The van der Waals surface area contributed by atoms with Crippen molar-refractivity contribution >= 4 is 74.1 Å². The highest BCUT2D eigenvalue weighted by Gasteiger charge is 2.52. The van der Waals surface area contributed by atoms with E-state index in [0.717, 1.165) is 40.1 Å². The van der Waals surface area contributed by atoms with E-state index in [-0.39, 0.29) is 0 Å². The molecule has 0 unspecified atom stereocenters. The van der Waals surface area contributed by atoms with Gasteiger partial charge in [-0.1, -0.05) is 140 Å². The van der Waals surface area contributed by atoms with Crippen molar-refractivity contribution < 1.29 is 4.48 Å². The van der Waals surface area contributed by atoms with E-state index in [1.807, 2.05) is 0 Å². The van der Waals surface area contributed by atoms with Gasteiger partial charge >= 0.3 is 0 Å². The number of rotatable bonds is 6. The molecule has 52 heavy (non-hydrogen) atoms. The number of anilines is 9. The molecule has 0 aliphatic carbocycles. The first kappa shape index (κ1) is 30.0. The summed E-state index contributed by atoms with van der Waals surface area (Å²) in [5.41, 5.74) is 11.7. The Bertz CT molecular complexity index is 2380. The van der Waals surface area contributed by atoms with Crippen LogP contribution in [0, 0.1) is 0 Å². The summed E-state index contributed by atoms with van der Waals surface area (Å²) in [5.74, 6) is 2.18. The lowest BCUT2D eigenvalue weighted by molar-refractivity contribution is -0.512. The summed E-state index contributed by atoms with van der Waals surface area (Å²) in [4.78, 5) is 7.29. The van der Waals surface area contributed by atoms with Gasteiger partial charge in [-0.15, -0.1) is 10.9 Å². The number of benzene rings is 7. The lowest BCUT2D eigenvalue weighted by atomic mass is 9.22. The second-order valence-electron chi connectivity index (χ2n) is 13.5. The van der Waals surface area contributed by atoms with Crippen molar-refractivity contribution in [3.8, 4) is 0 Å². The number of para-hydroxylation sites is 6. The van der Waals surface area contributed by atoms with Gasteiger partial charge in [0, 0.05) is 23.5 Å². The van der Waals surface area contributed by atoms with Gasteiger partial charge < -0.3 is 9.38 Å². The van der Waals surface area contributed by atoms with Crippen LogP contribution in [-0.2, 0) is 0 Å². The Morgan fingerprint density at radius 2 is 0.731 bits per heavy atom. The lowest BCUT2D eigenvalue weighted by Gasteiger charge is -2.54. The molecule has 0 atom stereocenters. The molecule has 7 aromatic carbocycles. The monoisotopic (exact) mass is 666 g/mol. The minimum Gasteiger partial charge on any atom is -0.410 e. The van der Waals surface area contributed by atoms with Gasteiger partial charge in [-0.25, -0.2) is 9.80 Å². The fourth-order valence-electron chi connectivity index (χ4n) is 8.75. The Balaban J connectivity index is 1.41. The highest BCUT2D eigenvalue weighted by molar-refractivity contribution is 7.07. The quantitative estimate of drug-likeness (QED) is 0.164. The van der Waals surface area contributed by atoms with Crippen LogP contribution in [-0.4, -0.2) is 6.28 Å². The van der Waals surface area contributed by atoms with Gasteiger partial charge in [0.25, 0.3) is 0 Å². The molecule has 3 heterocycles. The van der Waals surface area contributed by atoms with E-state index in [2.05, 4.69) is 232 Å². The summed E-state index contributed by atoms with van der Waals surface area (Å²) in [6, 6.07) is 77.0. The average molecular weight is 667 g/mol. The molecule has 2 aliphatic rings. The maximum atomic E-state index is 2.65. The predicted molar refractivity (Wildman–Crippen MR) is 217 cm³/mol. The fourth-order valence-corrected chi connectivity index (χ4v) is 8.75. The summed E-state index contributed by atoms with van der Waals surface area (Å²) >= 11 is 0. The van der Waals surface area contributed by atoms with Gasteiger partial charge in [-0.05, 0) is 60.7 Å². The third kappa shape index (κ3) is 4.46. The first-order valence-corrected chi connectivity index (χ1v) is 17.9. The minimum atomic E-state index is -1.73. The van der Waals surface area contributed by atoms with Gasteiger partial charge in [0.2, 0.25) is 6.28 Å². The van der Waals surface area contributed by atoms with E-state index in [4.69, 9.17) is 0 Å². The number of nitrogens with zero attached hydrogens (tertiary/aromatic N) is 4. The Morgan fingerprint density at radius 1 is 0.365 bits per heavy atom. The molecule has 0 saturated heterocycles. The number of fused-ring (bicyclic) bond motifs is 4. The smallest absolute Gasteiger partial charge is 0.250 e. The van der Waals surface area contributed by atoms with Crippen molar-refractivity contribution in [1.29, 1.82) is 0 Å². The van der Waals surface area contributed by atoms with Crippen LogP contribution in [0.2, 0.25) is 0 Å². The average Bonchev–Trinajstić information content (AvgIpc) is 3.22. The Kier molecular flexibility index (Phi) is 7.03. The van der Waals surface area contributed by atoms with Crippen LogP contribution in [0.5, 0.6) is 0 Å². The van der Waals surface area contributed by atoms with Crippen LogP contribution in [0.25, 0.3) is 0 Å². The van der Waals surface area contributed by atoms with E-state index in [1.54, 1.807) is 0 Å². The molecule has 0 spiro atoms. The number of aromatic nitrogens is 1. The number of hydrogen-bond acceptors (Lipinski definition) is 3. The van der Waals surface area contributed by atoms with Crippen molar-refractivity contribution in [2.45, 2.75) is 0 Å². The molecular formula is C47H35BN4. The predicted octanol–water partition coefficient (Wildman–Crippen LogP) is 9.53. The highest BCUT2D eigenvalue weighted by Crippen LogP contribution is 2.47. The first-order valence-electron chi connectivity index (χ1n) is 17.9. The molecule has 0 fully saturated rings. The second kappa shape index (κ2) is 12.2. The molecule has 2 aliphatic heterocycles.